The predicted molar refractivity (Wildman–Crippen MR) is 164 cm³/mol. The van der Waals surface area contributed by atoms with Crippen molar-refractivity contribution in [3.05, 3.63) is 131 Å². The highest BCUT2D eigenvalue weighted by Gasteiger charge is 2.22. The fourth-order valence-corrected chi connectivity index (χ4v) is 3.92. The van der Waals surface area contributed by atoms with Crippen molar-refractivity contribution < 1.29 is 18.7 Å². The number of methoxy groups -OCH3 is 1. The summed E-state index contributed by atoms with van der Waals surface area (Å²) in [4.78, 5) is 22.3. The zero-order valence-electron chi connectivity index (χ0n) is 23.8. The summed E-state index contributed by atoms with van der Waals surface area (Å²) < 4.78 is 19.5. The number of nitrogens with one attached hydrogen (secondary N) is 1. The Labute approximate surface area is 244 Å². The van der Waals surface area contributed by atoms with Gasteiger partial charge in [0.05, 0.1) is 12.8 Å². The van der Waals surface area contributed by atoms with Gasteiger partial charge in [0, 0.05) is 12.1 Å². The molecule has 0 atom stereocenters. The molecule has 0 saturated heterocycles. The van der Waals surface area contributed by atoms with Crippen molar-refractivity contribution in [2.24, 2.45) is 5.73 Å². The largest absolute Gasteiger partial charge is 0.496 e. The molecule has 0 aliphatic rings. The second-order valence-electron chi connectivity index (χ2n) is 9.18. The lowest BCUT2D eigenvalue weighted by Gasteiger charge is -2.03. The van der Waals surface area contributed by atoms with E-state index in [-0.39, 0.29) is 11.4 Å². The number of halogens is 1. The molecule has 9 heteroatoms. The predicted octanol–water partition coefficient (Wildman–Crippen LogP) is 5.60. The fraction of sp³-hybridized carbons (Fsp3) is 0.121. The van der Waals surface area contributed by atoms with E-state index in [1.807, 2.05) is 49.4 Å². The summed E-state index contributed by atoms with van der Waals surface area (Å²) in [5.74, 6) is -0.0739. The first-order chi connectivity index (χ1) is 20.2. The van der Waals surface area contributed by atoms with Crippen molar-refractivity contribution in [2.75, 3.05) is 12.8 Å². The number of aryl methyl sites for hydroxylation is 2. The number of amides is 2. The van der Waals surface area contributed by atoms with Gasteiger partial charge in [-0.2, -0.15) is 5.10 Å². The number of ether oxygens (including phenoxy) is 1. The molecule has 0 fully saturated rings. The van der Waals surface area contributed by atoms with E-state index in [9.17, 15) is 14.0 Å². The van der Waals surface area contributed by atoms with Gasteiger partial charge in [0.25, 0.3) is 5.91 Å². The van der Waals surface area contributed by atoms with Crippen LogP contribution in [0.3, 0.4) is 0 Å². The van der Waals surface area contributed by atoms with Crippen LogP contribution in [0.4, 0.5) is 10.2 Å². The van der Waals surface area contributed by atoms with Gasteiger partial charge in [-0.05, 0) is 55.3 Å². The van der Waals surface area contributed by atoms with Gasteiger partial charge in [0.2, 0.25) is 6.41 Å². The van der Waals surface area contributed by atoms with Gasteiger partial charge in [-0.15, -0.1) is 0 Å². The Hall–Kier alpha value is -5.44. The Morgan fingerprint density at radius 1 is 0.929 bits per heavy atom. The molecule has 1 heterocycles. The third-order valence-electron chi connectivity index (χ3n) is 6.11. The van der Waals surface area contributed by atoms with Crippen molar-refractivity contribution >= 4 is 18.1 Å². The minimum absolute atomic E-state index is 0.0748. The van der Waals surface area contributed by atoms with Crippen LogP contribution in [0.5, 0.6) is 5.75 Å². The standard InChI is InChI=1S/C18H16FN5O2.C8H10O.C7H8/c19-13-5-7-14(8-6-13)24-17(20)15(18(21)26)16(23-24)12-3-1-11(2-4-12)9-22-10-25;1-7-5-3-4-6-8(7)9-2;1-7-5-3-2-4-6-7/h1-8,10H,9,20H2,(H2,21,26)(H,22,25);3-6H,1-2H3;2-6H,1H3. The van der Waals surface area contributed by atoms with Crippen LogP contribution >= 0.6 is 0 Å². The Morgan fingerprint density at radius 3 is 2.05 bits per heavy atom. The summed E-state index contributed by atoms with van der Waals surface area (Å²) in [5, 5.41) is 6.96. The number of para-hydroxylation sites is 1. The number of nitrogen functional groups attached to an aromatic ring is 1. The lowest BCUT2D eigenvalue weighted by Crippen LogP contribution is -2.14. The molecule has 8 nitrogen and oxygen atoms in total. The van der Waals surface area contributed by atoms with E-state index in [2.05, 4.69) is 29.5 Å². The maximum Gasteiger partial charge on any atom is 0.254 e. The first-order valence-electron chi connectivity index (χ1n) is 13.1. The molecule has 42 heavy (non-hydrogen) atoms. The topological polar surface area (TPSA) is 125 Å². The lowest BCUT2D eigenvalue weighted by molar-refractivity contribution is -0.109. The van der Waals surface area contributed by atoms with Crippen LogP contribution in [-0.4, -0.2) is 29.2 Å². The SMILES string of the molecule is COc1ccccc1C.Cc1ccccc1.NC(=O)c1c(-c2ccc(CNC=O)cc2)nn(-c2ccc(F)cc2)c1N. The number of carbonyl (C=O) groups excluding carboxylic acids is 2. The van der Waals surface area contributed by atoms with Crippen LogP contribution in [0.2, 0.25) is 0 Å². The van der Waals surface area contributed by atoms with Crippen LogP contribution in [-0.2, 0) is 11.3 Å². The van der Waals surface area contributed by atoms with Gasteiger partial charge in [0.1, 0.15) is 28.6 Å². The maximum absolute atomic E-state index is 13.1. The average molecular weight is 568 g/mol. The molecule has 2 amide bonds. The molecule has 5 N–H and O–H groups in total. The molecule has 216 valence electrons. The summed E-state index contributed by atoms with van der Waals surface area (Å²) in [5.41, 5.74) is 16.5. The first-order valence-corrected chi connectivity index (χ1v) is 13.1. The van der Waals surface area contributed by atoms with Gasteiger partial charge < -0.3 is 21.5 Å². The molecule has 0 saturated carbocycles. The normalized spacial score (nSPS) is 9.90. The lowest BCUT2D eigenvalue weighted by atomic mass is 10.1. The molecule has 0 aliphatic carbocycles. The smallest absolute Gasteiger partial charge is 0.254 e. The van der Waals surface area contributed by atoms with Crippen molar-refractivity contribution in [1.82, 2.24) is 15.1 Å². The minimum Gasteiger partial charge on any atom is -0.496 e. The van der Waals surface area contributed by atoms with E-state index in [0.717, 1.165) is 11.3 Å². The number of hydrogen-bond acceptors (Lipinski definition) is 5. The quantitative estimate of drug-likeness (QED) is 0.221. The summed E-state index contributed by atoms with van der Waals surface area (Å²) in [6, 6.07) is 30.9. The molecule has 0 radical (unpaired) electrons. The highest BCUT2D eigenvalue weighted by atomic mass is 19.1. The van der Waals surface area contributed by atoms with Crippen molar-refractivity contribution in [2.45, 2.75) is 20.4 Å². The van der Waals surface area contributed by atoms with Gasteiger partial charge in [-0.1, -0.05) is 78.4 Å². The first kappa shape index (κ1) is 31.1. The minimum atomic E-state index is -0.711. The van der Waals surface area contributed by atoms with E-state index in [0.29, 0.717) is 29.9 Å². The van der Waals surface area contributed by atoms with Crippen LogP contribution in [0.15, 0.2) is 103 Å². The molecule has 0 bridgehead atoms. The Balaban J connectivity index is 0.000000244. The number of hydrogen-bond donors (Lipinski definition) is 3. The molecular weight excluding hydrogens is 533 g/mol. The monoisotopic (exact) mass is 567 g/mol. The summed E-state index contributed by atoms with van der Waals surface area (Å²) in [6.45, 7) is 4.50. The molecule has 4 aromatic carbocycles. The molecule has 0 unspecified atom stereocenters. The zero-order valence-corrected chi connectivity index (χ0v) is 23.8. The van der Waals surface area contributed by atoms with Crippen LogP contribution in [0.1, 0.15) is 27.0 Å². The van der Waals surface area contributed by atoms with Crippen LogP contribution < -0.4 is 21.5 Å². The number of anilines is 1. The number of nitrogens with zero attached hydrogens (tertiary/aromatic N) is 2. The van der Waals surface area contributed by atoms with E-state index < -0.39 is 11.7 Å². The maximum atomic E-state index is 13.1. The number of aromatic nitrogens is 2. The van der Waals surface area contributed by atoms with E-state index in [1.54, 1.807) is 31.4 Å². The highest BCUT2D eigenvalue weighted by Crippen LogP contribution is 2.29. The molecule has 0 aliphatic heterocycles. The number of benzene rings is 4. The summed E-state index contributed by atoms with van der Waals surface area (Å²) >= 11 is 0. The van der Waals surface area contributed by atoms with Crippen LogP contribution in [0, 0.1) is 19.7 Å². The zero-order chi connectivity index (χ0) is 30.5. The number of carbonyl (C=O) groups is 2. The van der Waals surface area contributed by atoms with E-state index >= 15 is 0 Å². The van der Waals surface area contributed by atoms with Gasteiger partial charge in [0.15, 0.2) is 0 Å². The number of rotatable bonds is 7. The van der Waals surface area contributed by atoms with Crippen molar-refractivity contribution in [3.8, 4) is 22.7 Å². The van der Waals surface area contributed by atoms with Crippen LogP contribution in [0.25, 0.3) is 16.9 Å². The van der Waals surface area contributed by atoms with Crippen molar-refractivity contribution in [1.29, 1.82) is 0 Å². The van der Waals surface area contributed by atoms with Gasteiger partial charge in [-0.25, -0.2) is 9.07 Å². The van der Waals surface area contributed by atoms with E-state index in [1.165, 1.54) is 40.1 Å². The third-order valence-corrected chi connectivity index (χ3v) is 6.11. The average Bonchev–Trinajstić information content (AvgIpc) is 3.35. The molecule has 1 aromatic heterocycles. The fourth-order valence-electron chi connectivity index (χ4n) is 3.92. The molecule has 0 spiro atoms. The molecule has 5 aromatic rings. The third kappa shape index (κ3) is 8.53. The molecular formula is C33H34FN5O3. The Kier molecular flexibility index (Phi) is 11.4. The van der Waals surface area contributed by atoms with Gasteiger partial charge in [-0.3, -0.25) is 9.59 Å². The number of primary amides is 1. The summed E-state index contributed by atoms with van der Waals surface area (Å²) in [7, 11) is 1.68. The molecule has 5 rings (SSSR count). The van der Waals surface area contributed by atoms with Gasteiger partial charge >= 0.3 is 0 Å². The second-order valence-corrected chi connectivity index (χ2v) is 9.18. The highest BCUT2D eigenvalue weighted by molar-refractivity contribution is 6.03. The van der Waals surface area contributed by atoms with Crippen molar-refractivity contribution in [3.63, 3.8) is 0 Å². The Bertz CT molecular complexity index is 1590. The summed E-state index contributed by atoms with van der Waals surface area (Å²) in [6.07, 6.45) is 0.615. The van der Waals surface area contributed by atoms with E-state index in [4.69, 9.17) is 16.2 Å². The number of nitrogens with two attached hydrogens (primary N) is 2. The Morgan fingerprint density at radius 2 is 1.55 bits per heavy atom. The second kappa shape index (κ2) is 15.4.